The third-order valence-electron chi connectivity index (χ3n) is 5.35. The van der Waals surface area contributed by atoms with Gasteiger partial charge in [-0.3, -0.25) is 9.59 Å². The van der Waals surface area contributed by atoms with E-state index in [9.17, 15) is 9.59 Å². The molecule has 27 heavy (non-hydrogen) atoms. The molecular weight excluding hydrogens is 407 g/mol. The van der Waals surface area contributed by atoms with Gasteiger partial charge in [-0.25, -0.2) is 4.98 Å². The maximum Gasteiger partial charge on any atom is 0.228 e. The van der Waals surface area contributed by atoms with Gasteiger partial charge in [-0.1, -0.05) is 20.3 Å². The Morgan fingerprint density at radius 2 is 1.89 bits per heavy atom. The molecule has 3 rings (SSSR count). The molecule has 2 atom stereocenters. The largest absolute Gasteiger partial charge is 0.352 e. The summed E-state index contributed by atoms with van der Waals surface area (Å²) < 4.78 is 0. The number of anilines is 1. The van der Waals surface area contributed by atoms with E-state index in [0.717, 1.165) is 25.7 Å². The SMILES string of the molecule is CC(C)C(=O)Nc1nc(CC(=O)NC2C3CCCC2CC(N)C3)cs1.Cl.Cl. The summed E-state index contributed by atoms with van der Waals surface area (Å²) in [4.78, 5) is 28.5. The van der Waals surface area contributed by atoms with Gasteiger partial charge in [0.05, 0.1) is 12.1 Å². The molecule has 2 saturated carbocycles. The highest BCUT2D eigenvalue weighted by atomic mass is 35.5. The van der Waals surface area contributed by atoms with E-state index in [2.05, 4.69) is 15.6 Å². The molecule has 2 bridgehead atoms. The Morgan fingerprint density at radius 1 is 1.26 bits per heavy atom. The van der Waals surface area contributed by atoms with Crippen molar-refractivity contribution < 1.29 is 9.59 Å². The maximum atomic E-state index is 12.5. The van der Waals surface area contributed by atoms with Gasteiger partial charge in [-0.2, -0.15) is 0 Å². The number of aromatic nitrogens is 1. The van der Waals surface area contributed by atoms with Gasteiger partial charge in [0, 0.05) is 23.4 Å². The van der Waals surface area contributed by atoms with E-state index >= 15 is 0 Å². The second-order valence-electron chi connectivity index (χ2n) is 7.74. The van der Waals surface area contributed by atoms with Crippen LogP contribution in [0.5, 0.6) is 0 Å². The van der Waals surface area contributed by atoms with Crippen molar-refractivity contribution in [2.75, 3.05) is 5.32 Å². The predicted octanol–water partition coefficient (Wildman–Crippen LogP) is 3.15. The lowest BCUT2D eigenvalue weighted by Gasteiger charge is -2.45. The Morgan fingerprint density at radius 3 is 2.48 bits per heavy atom. The first kappa shape index (κ1) is 24.1. The fourth-order valence-electron chi connectivity index (χ4n) is 4.12. The molecule has 6 nitrogen and oxygen atoms in total. The number of hydrogen-bond donors (Lipinski definition) is 3. The summed E-state index contributed by atoms with van der Waals surface area (Å²) in [7, 11) is 0. The average molecular weight is 437 g/mol. The first-order valence-corrected chi connectivity index (χ1v) is 10.1. The second-order valence-corrected chi connectivity index (χ2v) is 8.60. The van der Waals surface area contributed by atoms with Crippen LogP contribution >= 0.6 is 36.2 Å². The smallest absolute Gasteiger partial charge is 0.228 e. The molecule has 4 N–H and O–H groups in total. The second kappa shape index (κ2) is 10.6. The minimum Gasteiger partial charge on any atom is -0.352 e. The number of hydrogen-bond acceptors (Lipinski definition) is 5. The molecule has 1 heterocycles. The van der Waals surface area contributed by atoms with E-state index in [1.165, 1.54) is 17.8 Å². The number of fused-ring (bicyclic) bond motifs is 2. The van der Waals surface area contributed by atoms with Crippen molar-refractivity contribution in [3.63, 3.8) is 0 Å². The van der Waals surface area contributed by atoms with Crippen LogP contribution in [0.3, 0.4) is 0 Å². The van der Waals surface area contributed by atoms with Crippen molar-refractivity contribution in [3.05, 3.63) is 11.1 Å². The quantitative estimate of drug-likeness (QED) is 0.659. The topological polar surface area (TPSA) is 97.1 Å². The van der Waals surface area contributed by atoms with E-state index in [1.807, 2.05) is 19.2 Å². The molecule has 2 aliphatic rings. The first-order valence-electron chi connectivity index (χ1n) is 9.22. The van der Waals surface area contributed by atoms with Crippen LogP contribution in [0.4, 0.5) is 5.13 Å². The van der Waals surface area contributed by atoms with E-state index in [-0.39, 0.29) is 61.1 Å². The van der Waals surface area contributed by atoms with Gasteiger partial charge in [0.2, 0.25) is 11.8 Å². The van der Waals surface area contributed by atoms with E-state index in [0.29, 0.717) is 22.7 Å². The van der Waals surface area contributed by atoms with Crippen LogP contribution in [-0.4, -0.2) is 28.9 Å². The molecule has 0 aliphatic heterocycles. The Labute approximate surface area is 177 Å². The average Bonchev–Trinajstić information content (AvgIpc) is 2.95. The third-order valence-corrected chi connectivity index (χ3v) is 6.16. The first-order chi connectivity index (χ1) is 11.9. The Balaban J connectivity index is 0.00000182. The minimum atomic E-state index is -0.0901. The van der Waals surface area contributed by atoms with Crippen molar-refractivity contribution in [2.45, 2.75) is 64.5 Å². The summed E-state index contributed by atoms with van der Waals surface area (Å²) in [6, 6.07) is 0.550. The fraction of sp³-hybridized carbons (Fsp3) is 0.722. The summed E-state index contributed by atoms with van der Waals surface area (Å²) >= 11 is 1.36. The lowest BCUT2D eigenvalue weighted by atomic mass is 9.67. The van der Waals surface area contributed by atoms with Crippen LogP contribution in [0.25, 0.3) is 0 Å². The molecule has 0 aromatic carbocycles. The Kier molecular flexibility index (Phi) is 9.48. The van der Waals surface area contributed by atoms with Crippen LogP contribution in [0.15, 0.2) is 5.38 Å². The van der Waals surface area contributed by atoms with Crippen molar-refractivity contribution in [1.29, 1.82) is 0 Å². The molecule has 0 saturated heterocycles. The van der Waals surface area contributed by atoms with Gasteiger partial charge in [-0.15, -0.1) is 36.2 Å². The highest BCUT2D eigenvalue weighted by Crippen LogP contribution is 2.39. The zero-order valence-corrected chi connectivity index (χ0v) is 18.2. The highest BCUT2D eigenvalue weighted by Gasteiger charge is 2.39. The van der Waals surface area contributed by atoms with E-state index < -0.39 is 0 Å². The summed E-state index contributed by atoms with van der Waals surface area (Å²) in [6.45, 7) is 3.68. The molecule has 9 heteroatoms. The maximum absolute atomic E-state index is 12.5. The number of amides is 2. The van der Waals surface area contributed by atoms with Crippen molar-refractivity contribution >= 4 is 53.1 Å². The van der Waals surface area contributed by atoms with Crippen LogP contribution in [0.2, 0.25) is 0 Å². The standard InChI is InChI=1S/C18H28N4O2S.2ClH/c1-10(2)17(24)22-18-20-14(9-25-18)8-15(23)21-16-11-4-3-5-12(16)7-13(19)6-11;;/h9-13,16H,3-8,19H2,1-2H3,(H,21,23)(H,20,22,24);2*1H. The number of carbonyl (C=O) groups excluding carboxylic acids is 2. The summed E-state index contributed by atoms with van der Waals surface area (Å²) in [5, 5.41) is 8.42. The number of nitrogens with zero attached hydrogens (tertiary/aromatic N) is 1. The van der Waals surface area contributed by atoms with Gasteiger partial charge in [0.25, 0.3) is 0 Å². The van der Waals surface area contributed by atoms with Crippen molar-refractivity contribution in [2.24, 2.45) is 23.5 Å². The van der Waals surface area contributed by atoms with Crippen molar-refractivity contribution in [1.82, 2.24) is 10.3 Å². The monoisotopic (exact) mass is 436 g/mol. The number of rotatable bonds is 5. The van der Waals surface area contributed by atoms with Gasteiger partial charge < -0.3 is 16.4 Å². The zero-order valence-electron chi connectivity index (χ0n) is 15.8. The molecule has 1 aromatic heterocycles. The number of nitrogens with two attached hydrogens (primary N) is 1. The van der Waals surface area contributed by atoms with Crippen LogP contribution in [0.1, 0.15) is 51.6 Å². The molecule has 0 spiro atoms. The Hall–Kier alpha value is -0.890. The van der Waals surface area contributed by atoms with Crippen molar-refractivity contribution in [3.8, 4) is 0 Å². The number of carbonyl (C=O) groups is 2. The molecule has 0 radical (unpaired) electrons. The van der Waals surface area contributed by atoms with E-state index in [1.54, 1.807) is 0 Å². The summed E-state index contributed by atoms with van der Waals surface area (Å²) in [6.07, 6.45) is 5.87. The zero-order chi connectivity index (χ0) is 18.0. The van der Waals surface area contributed by atoms with Crippen LogP contribution < -0.4 is 16.4 Å². The number of halogens is 2. The van der Waals surface area contributed by atoms with Gasteiger partial charge >= 0.3 is 0 Å². The molecule has 1 aromatic rings. The van der Waals surface area contributed by atoms with Crippen LogP contribution in [0, 0.1) is 17.8 Å². The molecule has 2 fully saturated rings. The highest BCUT2D eigenvalue weighted by molar-refractivity contribution is 7.13. The van der Waals surface area contributed by atoms with Gasteiger partial charge in [-0.05, 0) is 37.5 Å². The fourth-order valence-corrected chi connectivity index (χ4v) is 4.83. The third kappa shape index (κ3) is 6.31. The summed E-state index contributed by atoms with van der Waals surface area (Å²) in [5.74, 6) is 0.902. The van der Waals surface area contributed by atoms with Crippen LogP contribution in [-0.2, 0) is 16.0 Å². The lowest BCUT2D eigenvalue weighted by molar-refractivity contribution is -0.122. The summed E-state index contributed by atoms with van der Waals surface area (Å²) in [5.41, 5.74) is 6.86. The number of nitrogens with one attached hydrogen (secondary N) is 2. The number of thiazole rings is 1. The van der Waals surface area contributed by atoms with Gasteiger partial charge in [0.15, 0.2) is 5.13 Å². The van der Waals surface area contributed by atoms with E-state index in [4.69, 9.17) is 5.73 Å². The van der Waals surface area contributed by atoms with Gasteiger partial charge in [0.1, 0.15) is 0 Å². The molecule has 2 aliphatic carbocycles. The molecule has 2 unspecified atom stereocenters. The Bertz CT molecular complexity index is 627. The molecule has 154 valence electrons. The molecular formula is C18H30Cl2N4O2S. The molecule has 2 amide bonds. The minimum absolute atomic E-state index is 0. The lowest BCUT2D eigenvalue weighted by Crippen LogP contribution is -2.54. The normalized spacial score (nSPS) is 26.5. The predicted molar refractivity (Wildman–Crippen MR) is 114 cm³/mol.